The number of carbonyl (C=O) groups excluding carboxylic acids is 1. The highest BCUT2D eigenvalue weighted by Gasteiger charge is 2.29. The Morgan fingerprint density at radius 3 is 2.89 bits per heavy atom. The summed E-state index contributed by atoms with van der Waals surface area (Å²) in [7, 11) is 0. The predicted octanol–water partition coefficient (Wildman–Crippen LogP) is 2.10. The van der Waals surface area contributed by atoms with Crippen molar-refractivity contribution >= 4 is 23.5 Å². The minimum absolute atomic E-state index is 0.139. The number of piperidine rings is 1. The smallest absolute Gasteiger partial charge is 0.308 e. The molecule has 1 aliphatic rings. The molecule has 1 aromatic heterocycles. The summed E-state index contributed by atoms with van der Waals surface area (Å²) < 4.78 is 1.79. The van der Waals surface area contributed by atoms with Crippen molar-refractivity contribution in [2.75, 3.05) is 13.1 Å². The normalized spacial score (nSPS) is 19.5. The molecule has 1 aromatic rings. The van der Waals surface area contributed by atoms with Crippen molar-refractivity contribution in [2.45, 2.75) is 26.3 Å². The van der Waals surface area contributed by atoms with Gasteiger partial charge in [-0.2, -0.15) is 0 Å². The molecular weight excluding hydrogens is 268 g/mol. The number of nitrogens with zero attached hydrogens (tertiary/aromatic N) is 2. The number of aryl methyl sites for hydroxylation is 1. The van der Waals surface area contributed by atoms with Crippen molar-refractivity contribution in [2.24, 2.45) is 5.92 Å². The second-order valence-corrected chi connectivity index (χ2v) is 5.19. The van der Waals surface area contributed by atoms with Gasteiger partial charge in [-0.05, 0) is 25.8 Å². The Hall–Kier alpha value is -1.49. The van der Waals surface area contributed by atoms with E-state index in [-0.39, 0.29) is 12.5 Å². The maximum atomic E-state index is 12.4. The lowest BCUT2D eigenvalue weighted by Gasteiger charge is -2.30. The number of hydrogen-bond acceptors (Lipinski definition) is 2. The Morgan fingerprint density at radius 2 is 2.26 bits per heavy atom. The molecule has 2 heterocycles. The number of halogens is 1. The monoisotopic (exact) mass is 284 g/mol. The van der Waals surface area contributed by atoms with Crippen LogP contribution in [-0.4, -0.2) is 39.5 Å². The van der Waals surface area contributed by atoms with E-state index in [1.807, 2.05) is 6.92 Å². The fraction of sp³-hybridized carbons (Fsp3) is 0.538. The van der Waals surface area contributed by atoms with E-state index in [0.717, 1.165) is 6.42 Å². The largest absolute Gasteiger partial charge is 0.481 e. The molecule has 1 fully saturated rings. The highest BCUT2D eigenvalue weighted by Crippen LogP contribution is 2.21. The molecule has 0 bridgehead atoms. The lowest BCUT2D eigenvalue weighted by Crippen LogP contribution is -2.42. The molecule has 0 aliphatic carbocycles. The van der Waals surface area contributed by atoms with Crippen molar-refractivity contribution < 1.29 is 14.7 Å². The topological polar surface area (TPSA) is 62.5 Å². The number of likely N-dealkylation sites (tertiary alicyclic amines) is 1. The third kappa shape index (κ3) is 2.92. The number of amides is 1. The number of rotatable bonds is 3. The van der Waals surface area contributed by atoms with Crippen LogP contribution in [-0.2, 0) is 11.3 Å². The molecule has 1 atom stereocenters. The molecule has 1 N–H and O–H groups in total. The van der Waals surface area contributed by atoms with Crippen molar-refractivity contribution in [1.29, 1.82) is 0 Å². The van der Waals surface area contributed by atoms with Crippen LogP contribution < -0.4 is 0 Å². The average Bonchev–Trinajstić information content (AvgIpc) is 2.79. The summed E-state index contributed by atoms with van der Waals surface area (Å²) in [5, 5.41) is 9.57. The Labute approximate surface area is 116 Å². The summed E-state index contributed by atoms with van der Waals surface area (Å²) in [5.74, 6) is -1.43. The molecule has 19 heavy (non-hydrogen) atoms. The Kier molecular flexibility index (Phi) is 4.14. The Morgan fingerprint density at radius 1 is 1.53 bits per heavy atom. The number of carboxylic acid groups (broad SMARTS) is 1. The van der Waals surface area contributed by atoms with Crippen LogP contribution in [0.3, 0.4) is 0 Å². The van der Waals surface area contributed by atoms with Crippen LogP contribution >= 0.6 is 11.6 Å². The minimum atomic E-state index is -0.832. The van der Waals surface area contributed by atoms with Crippen LogP contribution in [0.4, 0.5) is 0 Å². The van der Waals surface area contributed by atoms with Gasteiger partial charge in [-0.15, -0.1) is 0 Å². The molecule has 2 rings (SSSR count). The third-order valence-corrected chi connectivity index (χ3v) is 3.69. The molecule has 0 radical (unpaired) electrons. The highest BCUT2D eigenvalue weighted by atomic mass is 35.5. The molecule has 0 aromatic carbocycles. The van der Waals surface area contributed by atoms with Crippen LogP contribution in [0.15, 0.2) is 12.3 Å². The van der Waals surface area contributed by atoms with Crippen molar-refractivity contribution in [3.8, 4) is 0 Å². The van der Waals surface area contributed by atoms with Gasteiger partial charge in [0.15, 0.2) is 0 Å². The van der Waals surface area contributed by atoms with Gasteiger partial charge in [0.2, 0.25) is 0 Å². The second-order valence-electron chi connectivity index (χ2n) is 4.76. The van der Waals surface area contributed by atoms with Crippen LogP contribution in [0.2, 0.25) is 5.02 Å². The fourth-order valence-corrected chi connectivity index (χ4v) is 2.66. The molecule has 1 saturated heterocycles. The van der Waals surface area contributed by atoms with E-state index in [1.54, 1.807) is 21.7 Å². The maximum absolute atomic E-state index is 12.4. The summed E-state index contributed by atoms with van der Waals surface area (Å²) in [6.07, 6.45) is 3.07. The van der Waals surface area contributed by atoms with Crippen molar-refractivity contribution in [1.82, 2.24) is 9.47 Å². The van der Waals surface area contributed by atoms with Gasteiger partial charge in [0.05, 0.1) is 10.9 Å². The zero-order valence-corrected chi connectivity index (χ0v) is 11.6. The summed E-state index contributed by atoms with van der Waals surface area (Å²) in [4.78, 5) is 25.0. The zero-order chi connectivity index (χ0) is 14.0. The third-order valence-electron chi connectivity index (χ3n) is 3.48. The number of aromatic nitrogens is 1. The fourth-order valence-electron chi connectivity index (χ4n) is 2.44. The molecule has 0 saturated carbocycles. The number of aliphatic carboxylic acids is 1. The van der Waals surface area contributed by atoms with E-state index in [4.69, 9.17) is 16.7 Å². The summed E-state index contributed by atoms with van der Waals surface area (Å²) >= 11 is 5.92. The Balaban J connectivity index is 2.16. The van der Waals surface area contributed by atoms with Gasteiger partial charge in [-0.25, -0.2) is 0 Å². The average molecular weight is 285 g/mol. The second kappa shape index (κ2) is 5.65. The summed E-state index contributed by atoms with van der Waals surface area (Å²) in [5.41, 5.74) is 0.526. The first kappa shape index (κ1) is 13.9. The van der Waals surface area contributed by atoms with Gasteiger partial charge in [-0.1, -0.05) is 11.6 Å². The van der Waals surface area contributed by atoms with Gasteiger partial charge < -0.3 is 14.6 Å². The molecular formula is C13H17ClN2O3. The molecule has 5 nitrogen and oxygen atoms in total. The van der Waals surface area contributed by atoms with Gasteiger partial charge in [0.25, 0.3) is 5.91 Å². The lowest BCUT2D eigenvalue weighted by molar-refractivity contribution is -0.143. The first-order valence-corrected chi connectivity index (χ1v) is 6.78. The van der Waals surface area contributed by atoms with Gasteiger partial charge in [-0.3, -0.25) is 9.59 Å². The van der Waals surface area contributed by atoms with E-state index >= 15 is 0 Å². The van der Waals surface area contributed by atoms with E-state index < -0.39 is 11.9 Å². The molecule has 1 unspecified atom stereocenters. The number of carboxylic acids is 1. The standard InChI is InChI=1S/C13H17ClN2O3/c1-2-15-8-10(14)6-11(15)12(17)16-5-3-4-9(7-16)13(18)19/h6,8-9H,2-5,7H2,1H3,(H,18,19). The molecule has 6 heteroatoms. The first-order chi connectivity index (χ1) is 9.02. The molecule has 1 aliphatic heterocycles. The predicted molar refractivity (Wildman–Crippen MR) is 71.4 cm³/mol. The van der Waals surface area contributed by atoms with Crippen LogP contribution in [0.1, 0.15) is 30.3 Å². The van der Waals surface area contributed by atoms with Gasteiger partial charge in [0.1, 0.15) is 5.69 Å². The van der Waals surface area contributed by atoms with Crippen LogP contribution in [0.5, 0.6) is 0 Å². The lowest BCUT2D eigenvalue weighted by atomic mass is 9.98. The highest BCUT2D eigenvalue weighted by molar-refractivity contribution is 6.31. The van der Waals surface area contributed by atoms with Crippen LogP contribution in [0.25, 0.3) is 0 Å². The van der Waals surface area contributed by atoms with Gasteiger partial charge in [0, 0.05) is 25.8 Å². The molecule has 1 amide bonds. The molecule has 0 spiro atoms. The molecule has 104 valence electrons. The van der Waals surface area contributed by atoms with E-state index in [0.29, 0.717) is 30.2 Å². The summed E-state index contributed by atoms with van der Waals surface area (Å²) in [6.45, 7) is 3.48. The quantitative estimate of drug-likeness (QED) is 0.924. The number of carbonyl (C=O) groups is 2. The van der Waals surface area contributed by atoms with Crippen LogP contribution in [0, 0.1) is 5.92 Å². The Bertz CT molecular complexity index is 498. The zero-order valence-electron chi connectivity index (χ0n) is 10.8. The summed E-state index contributed by atoms with van der Waals surface area (Å²) in [6, 6.07) is 1.64. The van der Waals surface area contributed by atoms with E-state index in [2.05, 4.69) is 0 Å². The van der Waals surface area contributed by atoms with Crippen molar-refractivity contribution in [3.05, 3.63) is 23.0 Å². The van der Waals surface area contributed by atoms with E-state index in [9.17, 15) is 9.59 Å². The van der Waals surface area contributed by atoms with E-state index in [1.165, 1.54) is 0 Å². The first-order valence-electron chi connectivity index (χ1n) is 6.40. The number of hydrogen-bond donors (Lipinski definition) is 1. The minimum Gasteiger partial charge on any atom is -0.481 e. The van der Waals surface area contributed by atoms with Gasteiger partial charge >= 0.3 is 5.97 Å². The maximum Gasteiger partial charge on any atom is 0.308 e. The van der Waals surface area contributed by atoms with Crippen molar-refractivity contribution in [3.63, 3.8) is 0 Å². The SMILES string of the molecule is CCn1cc(Cl)cc1C(=O)N1CCCC(C(=O)O)C1.